The standard InChI is InChI=1S/C9H9BF4O2.Na.H2O/c1-3(2)4-6(11)8(13)5(10(15)16)9(14)7(4)12;;/h3,15-16H,1-2H3;;1H2/q;+1;/p-1. The third-order valence-corrected chi connectivity index (χ3v) is 2.17. The van der Waals surface area contributed by atoms with Crippen molar-refractivity contribution in [1.82, 2.24) is 0 Å². The van der Waals surface area contributed by atoms with E-state index in [0.717, 1.165) is 0 Å². The Morgan fingerprint density at radius 1 is 0.889 bits per heavy atom. The molecular weight excluding hydrogens is 266 g/mol. The van der Waals surface area contributed by atoms with Crippen LogP contribution in [0.3, 0.4) is 0 Å². The average molecular weight is 276 g/mol. The van der Waals surface area contributed by atoms with E-state index in [-0.39, 0.29) is 35.0 Å². The first-order valence-corrected chi connectivity index (χ1v) is 4.50. The number of halogens is 4. The van der Waals surface area contributed by atoms with Gasteiger partial charge in [-0.3, -0.25) is 0 Å². The molecule has 0 saturated carbocycles. The van der Waals surface area contributed by atoms with E-state index in [4.69, 9.17) is 10.0 Å². The van der Waals surface area contributed by atoms with Crippen molar-refractivity contribution >= 4 is 12.6 Å². The van der Waals surface area contributed by atoms with Gasteiger partial charge in [0.25, 0.3) is 0 Å². The van der Waals surface area contributed by atoms with E-state index in [1.165, 1.54) is 13.8 Å². The summed E-state index contributed by atoms with van der Waals surface area (Å²) in [6, 6.07) is 0. The normalized spacial score (nSPS) is 9.83. The monoisotopic (exact) mass is 276 g/mol. The first kappa shape index (κ1) is 20.2. The molecule has 0 saturated heterocycles. The fourth-order valence-electron chi connectivity index (χ4n) is 1.40. The van der Waals surface area contributed by atoms with Crippen molar-refractivity contribution < 1.29 is 62.6 Å². The van der Waals surface area contributed by atoms with Gasteiger partial charge in [-0.1, -0.05) is 13.8 Å². The zero-order valence-electron chi connectivity index (χ0n) is 10.0. The molecule has 3 nitrogen and oxygen atoms in total. The molecule has 0 heterocycles. The zero-order valence-corrected chi connectivity index (χ0v) is 12.0. The van der Waals surface area contributed by atoms with Crippen molar-refractivity contribution in [3.05, 3.63) is 28.8 Å². The van der Waals surface area contributed by atoms with Crippen molar-refractivity contribution in [3.63, 3.8) is 0 Å². The minimum absolute atomic E-state index is 0. The van der Waals surface area contributed by atoms with Gasteiger partial charge in [-0.2, -0.15) is 0 Å². The average Bonchev–Trinajstić information content (AvgIpc) is 2.14. The van der Waals surface area contributed by atoms with Gasteiger partial charge in [-0.25, -0.2) is 17.6 Å². The van der Waals surface area contributed by atoms with E-state index < -0.39 is 47.3 Å². The molecule has 0 aliphatic carbocycles. The summed E-state index contributed by atoms with van der Waals surface area (Å²) in [6.07, 6.45) is 0. The molecular formula is C9H10BF4NaO3. The number of rotatable bonds is 2. The number of benzene rings is 1. The van der Waals surface area contributed by atoms with Gasteiger partial charge in [0.05, 0.1) is 5.46 Å². The fourth-order valence-corrected chi connectivity index (χ4v) is 1.40. The molecule has 0 amide bonds. The third kappa shape index (κ3) is 3.46. The second-order valence-corrected chi connectivity index (χ2v) is 3.61. The predicted molar refractivity (Wildman–Crippen MR) is 52.1 cm³/mol. The second kappa shape index (κ2) is 7.47. The molecule has 0 spiro atoms. The van der Waals surface area contributed by atoms with Crippen molar-refractivity contribution in [3.8, 4) is 0 Å². The quantitative estimate of drug-likeness (QED) is 0.368. The molecule has 1 rings (SSSR count). The van der Waals surface area contributed by atoms with Crippen LogP contribution in [0.2, 0.25) is 0 Å². The molecule has 1 aromatic rings. The summed E-state index contributed by atoms with van der Waals surface area (Å²) in [4.78, 5) is 0. The summed E-state index contributed by atoms with van der Waals surface area (Å²) < 4.78 is 53.0. The maximum Gasteiger partial charge on any atom is 1.00 e. The van der Waals surface area contributed by atoms with Gasteiger partial charge in [-0.05, 0) is 5.92 Å². The SMILES string of the molecule is CC(C)c1c(F)c(F)c(B(O)O)c(F)c1F.[Na+].[OH-]. The number of hydrogen-bond acceptors (Lipinski definition) is 3. The van der Waals surface area contributed by atoms with E-state index in [2.05, 4.69) is 0 Å². The van der Waals surface area contributed by atoms with Crippen molar-refractivity contribution in [1.29, 1.82) is 0 Å². The topological polar surface area (TPSA) is 70.5 Å². The predicted octanol–water partition coefficient (Wildman–Crippen LogP) is -2.13. The fraction of sp³-hybridized carbons (Fsp3) is 0.333. The molecule has 3 N–H and O–H groups in total. The van der Waals surface area contributed by atoms with Crippen molar-refractivity contribution in [2.75, 3.05) is 0 Å². The molecule has 0 atom stereocenters. The summed E-state index contributed by atoms with van der Waals surface area (Å²) >= 11 is 0. The van der Waals surface area contributed by atoms with Crippen molar-refractivity contribution in [2.24, 2.45) is 0 Å². The maximum atomic E-state index is 13.3. The molecule has 0 aliphatic heterocycles. The molecule has 0 unspecified atom stereocenters. The Balaban J connectivity index is 0. The van der Waals surface area contributed by atoms with Gasteiger partial charge in [0, 0.05) is 5.56 Å². The summed E-state index contributed by atoms with van der Waals surface area (Å²) in [6.45, 7) is 2.71. The van der Waals surface area contributed by atoms with Crippen LogP contribution in [0.25, 0.3) is 0 Å². The van der Waals surface area contributed by atoms with Crippen LogP contribution in [0.1, 0.15) is 25.3 Å². The Kier molecular flexibility index (Phi) is 8.38. The summed E-state index contributed by atoms with van der Waals surface area (Å²) in [7, 11) is -2.61. The molecule has 0 aliphatic rings. The van der Waals surface area contributed by atoms with Gasteiger partial charge >= 0.3 is 36.7 Å². The third-order valence-electron chi connectivity index (χ3n) is 2.17. The van der Waals surface area contributed by atoms with Crippen LogP contribution in [-0.4, -0.2) is 22.6 Å². The Hall–Kier alpha value is -0.115. The Bertz CT molecular complexity index is 361. The van der Waals surface area contributed by atoms with Gasteiger partial charge in [0.2, 0.25) is 0 Å². The molecule has 96 valence electrons. The van der Waals surface area contributed by atoms with Crippen LogP contribution in [-0.2, 0) is 0 Å². The van der Waals surface area contributed by atoms with Crippen LogP contribution >= 0.6 is 0 Å². The zero-order chi connectivity index (χ0) is 12.6. The molecule has 0 radical (unpaired) electrons. The van der Waals surface area contributed by atoms with Gasteiger partial charge < -0.3 is 15.5 Å². The Morgan fingerprint density at radius 3 is 1.44 bits per heavy atom. The molecule has 9 heteroatoms. The molecule has 0 aromatic heterocycles. The molecule has 0 bridgehead atoms. The largest absolute Gasteiger partial charge is 1.00 e. The van der Waals surface area contributed by atoms with E-state index in [1.54, 1.807) is 0 Å². The smallest absolute Gasteiger partial charge is 0.870 e. The summed E-state index contributed by atoms with van der Waals surface area (Å²) in [5, 5.41) is 17.2. The van der Waals surface area contributed by atoms with Gasteiger partial charge in [0.1, 0.15) is 0 Å². The minimum Gasteiger partial charge on any atom is -0.870 e. The van der Waals surface area contributed by atoms with E-state index in [9.17, 15) is 17.6 Å². The molecule has 1 aromatic carbocycles. The van der Waals surface area contributed by atoms with Crippen LogP contribution in [0.5, 0.6) is 0 Å². The van der Waals surface area contributed by atoms with E-state index in [1.807, 2.05) is 0 Å². The van der Waals surface area contributed by atoms with Crippen molar-refractivity contribution in [2.45, 2.75) is 19.8 Å². The number of hydrogen-bond donors (Lipinski definition) is 2. The minimum atomic E-state index is -2.61. The van der Waals surface area contributed by atoms with Gasteiger partial charge in [0.15, 0.2) is 23.3 Å². The van der Waals surface area contributed by atoms with Crippen LogP contribution in [0, 0.1) is 23.3 Å². The van der Waals surface area contributed by atoms with Crippen LogP contribution < -0.4 is 35.0 Å². The van der Waals surface area contributed by atoms with Gasteiger partial charge in [-0.15, -0.1) is 0 Å². The molecule has 0 fully saturated rings. The first-order chi connectivity index (χ1) is 7.29. The molecule has 18 heavy (non-hydrogen) atoms. The van der Waals surface area contributed by atoms with Crippen LogP contribution in [0.4, 0.5) is 17.6 Å². The van der Waals surface area contributed by atoms with E-state index in [0.29, 0.717) is 0 Å². The van der Waals surface area contributed by atoms with E-state index >= 15 is 0 Å². The second-order valence-electron chi connectivity index (χ2n) is 3.61. The maximum absolute atomic E-state index is 13.3. The Labute approximate surface area is 124 Å². The van der Waals surface area contributed by atoms with Crippen LogP contribution in [0.15, 0.2) is 0 Å². The summed E-state index contributed by atoms with van der Waals surface area (Å²) in [5.74, 6) is -7.53. The summed E-state index contributed by atoms with van der Waals surface area (Å²) in [5.41, 5.74) is -2.17. The first-order valence-electron chi connectivity index (χ1n) is 4.50. The Morgan fingerprint density at radius 2 is 1.22 bits per heavy atom.